The Morgan fingerprint density at radius 2 is 1.36 bits per heavy atom. The smallest absolute Gasteiger partial charge is 0.120 e. The molecule has 3 nitrogen and oxygen atoms in total. The van der Waals surface area contributed by atoms with E-state index in [1.165, 1.54) is 16.3 Å². The predicted octanol–water partition coefficient (Wildman–Crippen LogP) is 9.79. The average Bonchev–Trinajstić information content (AvgIpc) is 3.36. The van der Waals surface area contributed by atoms with Crippen LogP contribution in [0.4, 0.5) is 0 Å². The SMILES string of the molecule is CC(C)c1ccc(-c2[c-]ccc3c2oc2cc([Si](C)(C)C)ccc23)nc1.CC(C)c1ccc(-c2[c-]cccc2)nc1.[Ir]. The Balaban J connectivity index is 0.000000216. The van der Waals surface area contributed by atoms with Crippen molar-refractivity contribution in [3.05, 3.63) is 115 Å². The first kappa shape index (κ1) is 31.6. The Morgan fingerprint density at radius 1 is 0.690 bits per heavy atom. The number of furan rings is 1. The van der Waals surface area contributed by atoms with E-state index in [2.05, 4.69) is 118 Å². The fourth-order valence-corrected chi connectivity index (χ4v) is 5.90. The Bertz CT molecular complexity index is 1750. The molecule has 3 aromatic heterocycles. The summed E-state index contributed by atoms with van der Waals surface area (Å²) in [4.78, 5) is 9.10. The second-order valence-corrected chi connectivity index (χ2v) is 17.3. The van der Waals surface area contributed by atoms with Crippen LogP contribution in [0.2, 0.25) is 19.6 Å². The minimum atomic E-state index is -1.37. The van der Waals surface area contributed by atoms with E-state index in [1.54, 1.807) is 0 Å². The summed E-state index contributed by atoms with van der Waals surface area (Å²) >= 11 is 0. The van der Waals surface area contributed by atoms with Crippen molar-refractivity contribution in [3.63, 3.8) is 0 Å². The van der Waals surface area contributed by atoms with Gasteiger partial charge in [0.1, 0.15) is 5.58 Å². The fourth-order valence-electron chi connectivity index (χ4n) is 4.75. The summed E-state index contributed by atoms with van der Waals surface area (Å²) < 4.78 is 6.30. The third-order valence-corrected chi connectivity index (χ3v) is 9.49. The van der Waals surface area contributed by atoms with Crippen molar-refractivity contribution in [2.75, 3.05) is 0 Å². The molecule has 0 amide bonds. The van der Waals surface area contributed by atoms with Gasteiger partial charge in [0.05, 0.1) is 13.7 Å². The molecule has 0 bridgehead atoms. The number of fused-ring (bicyclic) bond motifs is 3. The van der Waals surface area contributed by atoms with Crippen LogP contribution in [0.5, 0.6) is 0 Å². The first-order valence-electron chi connectivity index (χ1n) is 14.4. The van der Waals surface area contributed by atoms with Gasteiger partial charge in [0.2, 0.25) is 0 Å². The third kappa shape index (κ3) is 6.98. The minimum Gasteiger partial charge on any atom is -0.501 e. The Kier molecular flexibility index (Phi) is 9.99. The first-order chi connectivity index (χ1) is 19.6. The largest absolute Gasteiger partial charge is 0.501 e. The van der Waals surface area contributed by atoms with Crippen LogP contribution in [-0.4, -0.2) is 18.0 Å². The van der Waals surface area contributed by atoms with Crippen LogP contribution in [-0.2, 0) is 20.1 Å². The van der Waals surface area contributed by atoms with E-state index in [4.69, 9.17) is 4.42 Å². The molecule has 3 heterocycles. The molecule has 0 saturated heterocycles. The number of rotatable bonds is 5. The molecular weight excluding hydrogens is 709 g/mol. The van der Waals surface area contributed by atoms with Crippen LogP contribution < -0.4 is 5.19 Å². The summed E-state index contributed by atoms with van der Waals surface area (Å²) in [7, 11) is -1.37. The van der Waals surface area contributed by atoms with E-state index in [0.29, 0.717) is 11.8 Å². The van der Waals surface area contributed by atoms with Crippen LogP contribution in [0.15, 0.2) is 95.7 Å². The van der Waals surface area contributed by atoms with Gasteiger partial charge in [-0.25, -0.2) is 0 Å². The molecule has 6 rings (SSSR count). The fraction of sp³-hybridized carbons (Fsp3) is 0.243. The maximum atomic E-state index is 6.30. The first-order valence-corrected chi connectivity index (χ1v) is 17.9. The van der Waals surface area contributed by atoms with Crippen molar-refractivity contribution in [2.45, 2.75) is 59.2 Å². The van der Waals surface area contributed by atoms with E-state index in [-0.39, 0.29) is 20.1 Å². The number of hydrogen-bond donors (Lipinski definition) is 0. The molecule has 0 fully saturated rings. The molecule has 0 unspecified atom stereocenters. The molecule has 0 N–H and O–H groups in total. The molecule has 0 aliphatic carbocycles. The van der Waals surface area contributed by atoms with Crippen molar-refractivity contribution >= 4 is 35.2 Å². The molecule has 1 radical (unpaired) electrons. The van der Waals surface area contributed by atoms with Gasteiger partial charge in [-0.3, -0.25) is 0 Å². The van der Waals surface area contributed by atoms with Crippen LogP contribution >= 0.6 is 0 Å². The van der Waals surface area contributed by atoms with Crippen molar-refractivity contribution in [1.29, 1.82) is 0 Å². The van der Waals surface area contributed by atoms with Gasteiger partial charge >= 0.3 is 0 Å². The number of nitrogens with zero attached hydrogens (tertiary/aromatic N) is 2. The molecule has 0 atom stereocenters. The van der Waals surface area contributed by atoms with Crippen molar-refractivity contribution < 1.29 is 24.5 Å². The zero-order chi connectivity index (χ0) is 29.1. The van der Waals surface area contributed by atoms with Crippen LogP contribution in [0.25, 0.3) is 44.5 Å². The molecule has 42 heavy (non-hydrogen) atoms. The second-order valence-electron chi connectivity index (χ2n) is 12.2. The second kappa shape index (κ2) is 13.3. The number of aromatic nitrogens is 2. The molecule has 6 aromatic rings. The van der Waals surface area contributed by atoms with Gasteiger partial charge in [-0.15, -0.1) is 54.1 Å². The van der Waals surface area contributed by atoms with E-state index in [0.717, 1.165) is 44.5 Å². The Morgan fingerprint density at radius 3 is 1.90 bits per heavy atom. The van der Waals surface area contributed by atoms with Crippen molar-refractivity contribution in [3.8, 4) is 22.5 Å². The van der Waals surface area contributed by atoms with E-state index in [9.17, 15) is 0 Å². The number of pyridine rings is 2. The molecule has 217 valence electrons. The van der Waals surface area contributed by atoms with Gasteiger partial charge in [-0.05, 0) is 40.4 Å². The van der Waals surface area contributed by atoms with Gasteiger partial charge in [-0.2, -0.15) is 0 Å². The average molecular weight is 747 g/mol. The van der Waals surface area contributed by atoms with Crippen molar-refractivity contribution in [2.24, 2.45) is 0 Å². The number of hydrogen-bond acceptors (Lipinski definition) is 3. The number of benzene rings is 3. The molecule has 0 aliphatic heterocycles. The standard InChI is InChI=1S/C23H24NOSi.C14H14N.Ir/c1-15(2)16-9-12-21(24-14-16)20-8-6-7-19-18-11-10-17(26(3,4)5)13-22(18)25-23(19)20;1-11(2)13-8-9-14(15-10-13)12-6-4-3-5-7-12;/h6-7,9-15H,1-5H3;3-6,8-11H,1-2H3;/q2*-1;. The molecule has 5 heteroatoms. The van der Waals surface area contributed by atoms with Gasteiger partial charge in [-0.1, -0.05) is 99.9 Å². The molecule has 0 aliphatic rings. The van der Waals surface area contributed by atoms with E-state index < -0.39 is 8.07 Å². The van der Waals surface area contributed by atoms with Crippen LogP contribution in [0.3, 0.4) is 0 Å². The van der Waals surface area contributed by atoms with Gasteiger partial charge in [0, 0.05) is 37.9 Å². The third-order valence-electron chi connectivity index (χ3n) is 7.45. The minimum absolute atomic E-state index is 0. The van der Waals surface area contributed by atoms with E-state index >= 15 is 0 Å². The summed E-state index contributed by atoms with van der Waals surface area (Å²) in [5, 5.41) is 3.70. The summed E-state index contributed by atoms with van der Waals surface area (Å²) in [6.45, 7) is 15.8. The monoisotopic (exact) mass is 747 g/mol. The Labute approximate surface area is 264 Å². The maximum Gasteiger partial charge on any atom is 0.120 e. The Hall–Kier alpha value is -3.37. The maximum absolute atomic E-state index is 6.30. The summed E-state index contributed by atoms with van der Waals surface area (Å²) in [5.74, 6) is 1.01. The van der Waals surface area contributed by atoms with E-state index in [1.807, 2.05) is 42.7 Å². The normalized spacial score (nSPS) is 11.5. The topological polar surface area (TPSA) is 38.9 Å². The van der Waals surface area contributed by atoms with Gasteiger partial charge in [0.15, 0.2) is 0 Å². The van der Waals surface area contributed by atoms with Crippen molar-refractivity contribution in [1.82, 2.24) is 9.97 Å². The molecule has 3 aromatic carbocycles. The predicted molar refractivity (Wildman–Crippen MR) is 175 cm³/mol. The van der Waals surface area contributed by atoms with Crippen LogP contribution in [0, 0.1) is 12.1 Å². The zero-order valence-electron chi connectivity index (χ0n) is 25.5. The zero-order valence-corrected chi connectivity index (χ0v) is 28.8. The van der Waals surface area contributed by atoms with Crippen LogP contribution in [0.1, 0.15) is 50.7 Å². The molecular formula is C37H38IrN2OSi-2. The summed E-state index contributed by atoms with van der Waals surface area (Å²) in [6.07, 6.45) is 3.90. The van der Waals surface area contributed by atoms with Gasteiger partial charge < -0.3 is 14.4 Å². The molecule has 0 saturated carbocycles. The quantitative estimate of drug-likeness (QED) is 0.130. The van der Waals surface area contributed by atoms with Gasteiger partial charge in [0.25, 0.3) is 0 Å². The summed E-state index contributed by atoms with van der Waals surface area (Å²) in [5.41, 5.74) is 8.22. The molecule has 0 spiro atoms. The summed E-state index contributed by atoms with van der Waals surface area (Å²) in [6, 6.07) is 33.6.